The number of rotatable bonds is 4. The highest BCUT2D eigenvalue weighted by Gasteiger charge is 2.50. The van der Waals surface area contributed by atoms with E-state index in [4.69, 9.17) is 0 Å². The van der Waals surface area contributed by atoms with E-state index >= 15 is 0 Å². The average molecular weight is 808 g/mol. The van der Waals surface area contributed by atoms with Crippen molar-refractivity contribution in [1.29, 1.82) is 0 Å². The Hall–Kier alpha value is -7.26. The molecule has 11 aromatic rings. The van der Waals surface area contributed by atoms with Crippen molar-refractivity contribution in [3.63, 3.8) is 0 Å². The fraction of sp³-hybridized carbons (Fsp3) is 0.0667. The summed E-state index contributed by atoms with van der Waals surface area (Å²) in [5.74, 6) is 0. The van der Waals surface area contributed by atoms with Crippen LogP contribution in [0.1, 0.15) is 44.5 Å². The summed E-state index contributed by atoms with van der Waals surface area (Å²) in [6.45, 7) is 4.46. The Balaban J connectivity index is 1.08. The Morgan fingerprint density at radius 2 is 1.00 bits per heavy atom. The van der Waals surface area contributed by atoms with Crippen LogP contribution in [0.2, 0.25) is 0 Å². The number of hydrogen-bond donors (Lipinski definition) is 0. The molecule has 0 saturated carbocycles. The van der Waals surface area contributed by atoms with Crippen molar-refractivity contribution >= 4 is 70.1 Å². The van der Waals surface area contributed by atoms with Gasteiger partial charge in [-0.2, -0.15) is 0 Å². The van der Waals surface area contributed by atoms with Gasteiger partial charge in [-0.1, -0.05) is 169 Å². The first-order valence-electron chi connectivity index (χ1n) is 21.7. The summed E-state index contributed by atoms with van der Waals surface area (Å²) < 4.78 is 2.60. The lowest BCUT2D eigenvalue weighted by Gasteiger charge is -2.41. The number of nitrogens with zero attached hydrogens (tertiary/aromatic N) is 1. The minimum atomic E-state index is -0.478. The van der Waals surface area contributed by atoms with Crippen LogP contribution in [0.25, 0.3) is 64.0 Å². The molecule has 2 aliphatic rings. The Morgan fingerprint density at radius 3 is 1.76 bits per heavy atom. The number of anilines is 3. The third kappa shape index (κ3) is 4.96. The first-order valence-corrected chi connectivity index (χ1v) is 22.5. The second-order valence-corrected chi connectivity index (χ2v) is 18.4. The van der Waals surface area contributed by atoms with Gasteiger partial charge in [0.05, 0.1) is 16.8 Å². The van der Waals surface area contributed by atoms with Crippen LogP contribution in [0.15, 0.2) is 200 Å². The summed E-state index contributed by atoms with van der Waals surface area (Å²) in [6, 6.07) is 75.7. The Labute approximate surface area is 365 Å². The van der Waals surface area contributed by atoms with Gasteiger partial charge in [0.15, 0.2) is 0 Å². The van der Waals surface area contributed by atoms with Gasteiger partial charge in [-0.15, -0.1) is 11.3 Å². The lowest BCUT2D eigenvalue weighted by atomic mass is 9.60. The van der Waals surface area contributed by atoms with Crippen molar-refractivity contribution in [2.24, 2.45) is 0 Å². The highest BCUT2D eigenvalue weighted by Crippen LogP contribution is 2.61. The molecule has 62 heavy (non-hydrogen) atoms. The van der Waals surface area contributed by atoms with Crippen molar-refractivity contribution in [2.75, 3.05) is 4.90 Å². The normalized spacial score (nSPS) is 13.4. The standard InChI is InChI=1S/C60H41NS/c1-37-23-25-39-27-30-53-49(46(39)33-37)36-50-47-34-38(2)24-26-40(47)28-31-54(50)60(53)51-18-9-6-16-44(51)48-35-41(29-32-52(48)60)43-15-7-10-19-55(43)61(42-13-4-3-5-14-42)56-20-12-22-58-59(56)45-17-8-11-21-57(45)62-58/h3-35H,36H2,1-2H3. The zero-order valence-electron chi connectivity index (χ0n) is 34.6. The predicted octanol–water partition coefficient (Wildman–Crippen LogP) is 16.4. The number of aryl methyl sites for hydroxylation is 2. The minimum absolute atomic E-state index is 0.478. The number of thiophene rings is 1. The van der Waals surface area contributed by atoms with E-state index < -0.39 is 5.41 Å². The van der Waals surface area contributed by atoms with Crippen LogP contribution in [0.5, 0.6) is 0 Å². The number of fused-ring (bicyclic) bond motifs is 16. The van der Waals surface area contributed by atoms with Crippen LogP contribution in [0.3, 0.4) is 0 Å². The fourth-order valence-electron chi connectivity index (χ4n) is 11.3. The molecular formula is C60H41NS. The topological polar surface area (TPSA) is 3.24 Å². The molecule has 0 bridgehead atoms. The van der Waals surface area contributed by atoms with Gasteiger partial charge in [0.25, 0.3) is 0 Å². The van der Waals surface area contributed by atoms with Crippen molar-refractivity contribution < 1.29 is 0 Å². The summed E-state index contributed by atoms with van der Waals surface area (Å²) >= 11 is 1.87. The van der Waals surface area contributed by atoms with Crippen molar-refractivity contribution in [1.82, 2.24) is 0 Å². The van der Waals surface area contributed by atoms with Gasteiger partial charge in [-0.05, 0) is 134 Å². The van der Waals surface area contributed by atoms with Crippen LogP contribution >= 0.6 is 11.3 Å². The molecule has 1 heterocycles. The van der Waals surface area contributed by atoms with Crippen LogP contribution in [0.4, 0.5) is 17.1 Å². The van der Waals surface area contributed by atoms with Gasteiger partial charge >= 0.3 is 0 Å². The molecule has 0 unspecified atom stereocenters. The molecule has 0 atom stereocenters. The smallest absolute Gasteiger partial charge is 0.0719 e. The third-order valence-corrected chi connectivity index (χ3v) is 15.0. The maximum Gasteiger partial charge on any atom is 0.0719 e. The molecule has 1 spiro atoms. The molecule has 1 nitrogen and oxygen atoms in total. The Morgan fingerprint density at radius 1 is 0.419 bits per heavy atom. The summed E-state index contributed by atoms with van der Waals surface area (Å²) in [7, 11) is 0. The predicted molar refractivity (Wildman–Crippen MR) is 264 cm³/mol. The van der Waals surface area contributed by atoms with E-state index in [9.17, 15) is 0 Å². The monoisotopic (exact) mass is 807 g/mol. The summed E-state index contributed by atoms with van der Waals surface area (Å²) in [5.41, 5.74) is 19.0. The van der Waals surface area contributed by atoms with Crippen LogP contribution in [0, 0.1) is 13.8 Å². The van der Waals surface area contributed by atoms with E-state index in [1.54, 1.807) is 0 Å². The molecule has 2 heteroatoms. The molecule has 0 saturated heterocycles. The summed E-state index contributed by atoms with van der Waals surface area (Å²) in [4.78, 5) is 2.48. The van der Waals surface area contributed by atoms with Gasteiger partial charge in [-0.3, -0.25) is 0 Å². The first kappa shape index (κ1) is 35.5. The van der Waals surface area contributed by atoms with Crippen LogP contribution in [-0.2, 0) is 11.8 Å². The van der Waals surface area contributed by atoms with Crippen LogP contribution < -0.4 is 4.90 Å². The zero-order chi connectivity index (χ0) is 41.1. The van der Waals surface area contributed by atoms with Gasteiger partial charge in [0, 0.05) is 31.4 Å². The Bertz CT molecular complexity index is 3560. The van der Waals surface area contributed by atoms with Gasteiger partial charge in [-0.25, -0.2) is 0 Å². The molecule has 2 aliphatic carbocycles. The summed E-state index contributed by atoms with van der Waals surface area (Å²) in [5, 5.41) is 7.91. The number of hydrogen-bond acceptors (Lipinski definition) is 2. The maximum absolute atomic E-state index is 2.50. The maximum atomic E-state index is 2.50. The summed E-state index contributed by atoms with van der Waals surface area (Å²) in [6.07, 6.45) is 0.901. The number of benzene rings is 10. The second kappa shape index (κ2) is 13.4. The van der Waals surface area contributed by atoms with E-state index in [2.05, 4.69) is 219 Å². The Kier molecular flexibility index (Phi) is 7.65. The highest BCUT2D eigenvalue weighted by atomic mass is 32.1. The molecule has 0 N–H and O–H groups in total. The molecule has 1 aromatic heterocycles. The van der Waals surface area contributed by atoms with E-state index in [0.717, 1.165) is 17.8 Å². The molecule has 0 amide bonds. The van der Waals surface area contributed by atoms with E-state index in [-0.39, 0.29) is 0 Å². The minimum Gasteiger partial charge on any atom is -0.309 e. The van der Waals surface area contributed by atoms with Gasteiger partial charge in [0.2, 0.25) is 0 Å². The highest BCUT2D eigenvalue weighted by molar-refractivity contribution is 7.26. The van der Waals surface area contributed by atoms with Gasteiger partial charge < -0.3 is 4.90 Å². The largest absolute Gasteiger partial charge is 0.309 e. The molecule has 292 valence electrons. The van der Waals surface area contributed by atoms with Crippen molar-refractivity contribution in [3.05, 3.63) is 245 Å². The van der Waals surface area contributed by atoms with E-state index in [1.807, 2.05) is 11.3 Å². The molecule has 10 aromatic carbocycles. The molecular weight excluding hydrogens is 767 g/mol. The van der Waals surface area contributed by atoms with Crippen molar-refractivity contribution in [2.45, 2.75) is 25.7 Å². The lowest BCUT2D eigenvalue weighted by Crippen LogP contribution is -2.34. The van der Waals surface area contributed by atoms with E-state index in [1.165, 1.54) is 114 Å². The molecule has 0 radical (unpaired) electrons. The average Bonchev–Trinajstić information content (AvgIpc) is 3.84. The third-order valence-electron chi connectivity index (χ3n) is 13.9. The second-order valence-electron chi connectivity index (χ2n) is 17.3. The number of para-hydroxylation sites is 2. The van der Waals surface area contributed by atoms with E-state index in [0.29, 0.717) is 0 Å². The lowest BCUT2D eigenvalue weighted by molar-refractivity contribution is 0.728. The van der Waals surface area contributed by atoms with Crippen molar-refractivity contribution in [3.8, 4) is 22.3 Å². The zero-order valence-corrected chi connectivity index (χ0v) is 35.4. The SMILES string of the molecule is Cc1ccc2ccc3c(c2c1)Cc1c(ccc2ccc(C)cc12)C31c2ccccc2-c2cc(-c3ccccc3N(c3ccccc3)c3cccc4sc5ccccc5c34)ccc21. The molecule has 0 fully saturated rings. The fourth-order valence-corrected chi connectivity index (χ4v) is 12.4. The quantitative estimate of drug-likeness (QED) is 0.171. The first-order chi connectivity index (χ1) is 30.6. The van der Waals surface area contributed by atoms with Crippen LogP contribution in [-0.4, -0.2) is 0 Å². The molecule has 13 rings (SSSR count). The van der Waals surface area contributed by atoms with Gasteiger partial charge in [0.1, 0.15) is 0 Å². The molecule has 0 aliphatic heterocycles.